The third kappa shape index (κ3) is 5.20. The summed E-state index contributed by atoms with van der Waals surface area (Å²) in [5, 5.41) is 15.0. The first kappa shape index (κ1) is 31.0. The maximum absolute atomic E-state index is 15.5. The Balaban J connectivity index is 1.51. The maximum atomic E-state index is 15.5. The molecule has 0 amide bonds. The highest BCUT2D eigenvalue weighted by molar-refractivity contribution is 5.93. The van der Waals surface area contributed by atoms with Gasteiger partial charge in [-0.3, -0.25) is 10.6 Å². The second-order valence-electron chi connectivity index (χ2n) is 11.1. The fourth-order valence-electron chi connectivity index (χ4n) is 6.26. The molecule has 0 spiro atoms. The van der Waals surface area contributed by atoms with Crippen LogP contribution in [0.2, 0.25) is 0 Å². The van der Waals surface area contributed by atoms with Crippen LogP contribution < -0.4 is 36.9 Å². The normalized spacial score (nSPS) is 17.1. The SMILES string of the molecule is CNc1nc(N)nc2cc(-c3ccccc3C(CO)N3c4cc(-c5c(F)cc(OC)cc5OC)ccc4C(N)N(C)C3N)ccc12. The van der Waals surface area contributed by atoms with Crippen LogP contribution in [0.25, 0.3) is 33.2 Å². The van der Waals surface area contributed by atoms with Crippen LogP contribution in [-0.4, -0.2) is 61.2 Å². The summed E-state index contributed by atoms with van der Waals surface area (Å²) in [4.78, 5) is 12.5. The summed E-state index contributed by atoms with van der Waals surface area (Å²) in [6, 6.07) is 21.5. The molecule has 3 atom stereocenters. The number of hydrogen-bond donors (Lipinski definition) is 5. The van der Waals surface area contributed by atoms with Gasteiger partial charge in [0.15, 0.2) is 0 Å². The number of rotatable bonds is 8. The molecular formula is C34H37FN8O3. The van der Waals surface area contributed by atoms with Gasteiger partial charge in [0.2, 0.25) is 5.95 Å². The van der Waals surface area contributed by atoms with Crippen molar-refractivity contribution in [1.29, 1.82) is 0 Å². The molecule has 1 aliphatic heterocycles. The molecule has 0 saturated carbocycles. The summed E-state index contributed by atoms with van der Waals surface area (Å²) < 4.78 is 26.3. The smallest absolute Gasteiger partial charge is 0.222 e. The fourth-order valence-corrected chi connectivity index (χ4v) is 6.26. The van der Waals surface area contributed by atoms with E-state index in [0.29, 0.717) is 34.1 Å². The van der Waals surface area contributed by atoms with Crippen LogP contribution in [0.5, 0.6) is 11.5 Å². The van der Waals surface area contributed by atoms with Crippen LogP contribution in [-0.2, 0) is 0 Å². The van der Waals surface area contributed by atoms with Gasteiger partial charge in [-0.05, 0) is 47.5 Å². The number of methoxy groups -OCH3 is 2. The molecule has 3 unspecified atom stereocenters. The molecule has 5 aromatic rings. The Labute approximate surface area is 266 Å². The van der Waals surface area contributed by atoms with Crippen LogP contribution in [0.1, 0.15) is 23.3 Å². The van der Waals surface area contributed by atoms with Gasteiger partial charge in [0.25, 0.3) is 0 Å². The summed E-state index contributed by atoms with van der Waals surface area (Å²) in [7, 11) is 6.56. The number of aliphatic hydroxyl groups is 1. The van der Waals surface area contributed by atoms with Crippen molar-refractivity contribution in [3.63, 3.8) is 0 Å². The lowest BCUT2D eigenvalue weighted by molar-refractivity contribution is 0.138. The van der Waals surface area contributed by atoms with E-state index >= 15 is 4.39 Å². The molecule has 1 aromatic heterocycles. The minimum atomic E-state index is -0.729. The predicted molar refractivity (Wildman–Crippen MR) is 179 cm³/mol. The Bertz CT molecular complexity index is 1920. The Kier molecular flexibility index (Phi) is 8.36. The molecule has 0 fully saturated rings. The van der Waals surface area contributed by atoms with E-state index in [4.69, 9.17) is 26.7 Å². The molecular weight excluding hydrogens is 587 g/mol. The number of halogens is 1. The number of fused-ring (bicyclic) bond motifs is 2. The number of aromatic nitrogens is 2. The molecule has 12 heteroatoms. The highest BCUT2D eigenvalue weighted by Crippen LogP contribution is 2.45. The number of hydrogen-bond acceptors (Lipinski definition) is 11. The number of aliphatic hydroxyl groups excluding tert-OH is 1. The first-order valence-corrected chi connectivity index (χ1v) is 14.7. The second kappa shape index (κ2) is 12.4. The van der Waals surface area contributed by atoms with Crippen molar-refractivity contribution >= 4 is 28.4 Å². The van der Waals surface area contributed by atoms with Gasteiger partial charge in [-0.15, -0.1) is 0 Å². The molecule has 8 N–H and O–H groups in total. The number of nitrogens with two attached hydrogens (primary N) is 3. The van der Waals surface area contributed by atoms with E-state index < -0.39 is 24.3 Å². The first-order chi connectivity index (χ1) is 22.2. The molecule has 0 saturated heterocycles. The average molecular weight is 625 g/mol. The van der Waals surface area contributed by atoms with Gasteiger partial charge in [0, 0.05) is 35.8 Å². The molecule has 238 valence electrons. The van der Waals surface area contributed by atoms with E-state index in [-0.39, 0.29) is 18.1 Å². The largest absolute Gasteiger partial charge is 0.497 e. The third-order valence-electron chi connectivity index (χ3n) is 8.63. The van der Waals surface area contributed by atoms with Crippen LogP contribution in [0.15, 0.2) is 72.8 Å². The molecule has 0 aliphatic carbocycles. The minimum absolute atomic E-state index is 0.159. The third-order valence-corrected chi connectivity index (χ3v) is 8.63. The highest BCUT2D eigenvalue weighted by atomic mass is 19.1. The van der Waals surface area contributed by atoms with Crippen LogP contribution in [0.4, 0.5) is 21.8 Å². The van der Waals surface area contributed by atoms with Crippen molar-refractivity contribution in [3.8, 4) is 33.8 Å². The van der Waals surface area contributed by atoms with Crippen molar-refractivity contribution in [1.82, 2.24) is 14.9 Å². The number of nitrogens with one attached hydrogen (secondary N) is 1. The van der Waals surface area contributed by atoms with Crippen LogP contribution in [0.3, 0.4) is 0 Å². The molecule has 1 aliphatic rings. The van der Waals surface area contributed by atoms with Gasteiger partial charge in [-0.2, -0.15) is 4.98 Å². The van der Waals surface area contributed by atoms with Crippen LogP contribution in [0, 0.1) is 5.82 Å². The summed E-state index contributed by atoms with van der Waals surface area (Å²) in [5.41, 5.74) is 25.0. The monoisotopic (exact) mass is 624 g/mol. The Morgan fingerprint density at radius 1 is 0.978 bits per heavy atom. The predicted octanol–water partition coefficient (Wildman–Crippen LogP) is 4.43. The highest BCUT2D eigenvalue weighted by Gasteiger charge is 2.38. The topological polar surface area (TPSA) is 161 Å². The van der Waals surface area contributed by atoms with Crippen molar-refractivity contribution in [2.24, 2.45) is 11.5 Å². The Morgan fingerprint density at radius 2 is 1.74 bits per heavy atom. The first-order valence-electron chi connectivity index (χ1n) is 14.7. The van der Waals surface area contributed by atoms with E-state index in [0.717, 1.165) is 27.6 Å². The number of ether oxygens (including phenoxy) is 2. The Morgan fingerprint density at radius 3 is 2.46 bits per heavy atom. The van der Waals surface area contributed by atoms with Crippen molar-refractivity contribution < 1.29 is 19.0 Å². The van der Waals surface area contributed by atoms with Gasteiger partial charge < -0.3 is 36.3 Å². The second-order valence-corrected chi connectivity index (χ2v) is 11.1. The number of nitrogens with zero attached hydrogens (tertiary/aromatic N) is 4. The van der Waals surface area contributed by atoms with Gasteiger partial charge in [-0.1, -0.05) is 42.5 Å². The maximum Gasteiger partial charge on any atom is 0.222 e. The summed E-state index contributed by atoms with van der Waals surface area (Å²) in [6.45, 7) is -0.274. The van der Waals surface area contributed by atoms with Gasteiger partial charge >= 0.3 is 0 Å². The number of nitrogen functional groups attached to an aromatic ring is 1. The average Bonchev–Trinajstić information content (AvgIpc) is 3.07. The van der Waals surface area contributed by atoms with E-state index in [1.165, 1.54) is 20.3 Å². The molecule has 0 bridgehead atoms. The number of benzene rings is 4. The lowest BCUT2D eigenvalue weighted by Crippen LogP contribution is -2.60. The molecule has 11 nitrogen and oxygen atoms in total. The van der Waals surface area contributed by atoms with Crippen LogP contribution >= 0.6 is 0 Å². The minimum Gasteiger partial charge on any atom is -0.497 e. The Hall–Kier alpha value is -5.01. The van der Waals surface area contributed by atoms with Crippen molar-refractivity contribution in [3.05, 3.63) is 89.7 Å². The lowest BCUT2D eigenvalue weighted by atomic mass is 9.91. The molecule has 46 heavy (non-hydrogen) atoms. The van der Waals surface area contributed by atoms with Crippen molar-refractivity contribution in [2.75, 3.05) is 50.9 Å². The van der Waals surface area contributed by atoms with E-state index in [1.807, 2.05) is 71.4 Å². The van der Waals surface area contributed by atoms with E-state index in [1.54, 1.807) is 19.2 Å². The lowest BCUT2D eigenvalue weighted by Gasteiger charge is -2.49. The zero-order valence-electron chi connectivity index (χ0n) is 26.0. The standard InChI is InChI=1S/C34H37FN8O3/c1-39-32-23-11-9-18(13-26(23)40-33(37)41-32)21-7-5-6-8-22(21)28(17-44)43-27-14-19(10-12-24(27)31(36)42(2)34(43)38)30-25(35)15-20(45-3)16-29(30)46-4/h5-16,28,31,34,44H,17,36,38H2,1-4H3,(H3,37,39,40,41). The zero-order chi connectivity index (χ0) is 32.7. The van der Waals surface area contributed by atoms with Gasteiger partial charge in [-0.25, -0.2) is 9.37 Å². The molecule has 2 heterocycles. The number of anilines is 3. The summed E-state index contributed by atoms with van der Waals surface area (Å²) in [6.07, 6.45) is -1.27. The molecule has 6 rings (SSSR count). The van der Waals surface area contributed by atoms with Gasteiger partial charge in [0.1, 0.15) is 29.4 Å². The van der Waals surface area contributed by atoms with Gasteiger partial charge in [0.05, 0.1) is 44.1 Å². The summed E-state index contributed by atoms with van der Waals surface area (Å²) >= 11 is 0. The van der Waals surface area contributed by atoms with Crippen molar-refractivity contribution in [2.45, 2.75) is 18.5 Å². The summed E-state index contributed by atoms with van der Waals surface area (Å²) in [5.74, 6) is 0.940. The zero-order valence-corrected chi connectivity index (χ0v) is 26.0. The van der Waals surface area contributed by atoms with E-state index in [2.05, 4.69) is 15.3 Å². The van der Waals surface area contributed by atoms with E-state index in [9.17, 15) is 5.11 Å². The molecule has 0 radical (unpaired) electrons. The fraction of sp³-hybridized carbons (Fsp3) is 0.235. The quantitative estimate of drug-likeness (QED) is 0.166. The molecule has 4 aromatic carbocycles.